The second-order valence-electron chi connectivity index (χ2n) is 7.13. The summed E-state index contributed by atoms with van der Waals surface area (Å²) in [4.78, 5) is 4.27. The number of hydrogen-bond acceptors (Lipinski definition) is 5. The number of fused-ring (bicyclic) bond motifs is 1. The number of benzene rings is 1. The van der Waals surface area contributed by atoms with E-state index in [9.17, 15) is 8.42 Å². The Morgan fingerprint density at radius 1 is 1.24 bits per heavy atom. The van der Waals surface area contributed by atoms with Crippen LogP contribution in [0.3, 0.4) is 0 Å². The van der Waals surface area contributed by atoms with E-state index in [-0.39, 0.29) is 42.2 Å². The van der Waals surface area contributed by atoms with Crippen molar-refractivity contribution in [1.82, 2.24) is 15.4 Å². The summed E-state index contributed by atoms with van der Waals surface area (Å²) in [7, 11) is -1.76. The molecule has 3 N–H and O–H groups in total. The number of ether oxygens (including phenoxy) is 1. The van der Waals surface area contributed by atoms with Gasteiger partial charge in [-0.2, -0.15) is 0 Å². The number of rotatable bonds is 6. The summed E-state index contributed by atoms with van der Waals surface area (Å²) in [5.74, 6) is 1.49. The van der Waals surface area contributed by atoms with Crippen LogP contribution in [0.15, 0.2) is 51.0 Å². The van der Waals surface area contributed by atoms with Gasteiger partial charge in [-0.15, -0.1) is 35.3 Å². The van der Waals surface area contributed by atoms with Gasteiger partial charge in [-0.25, -0.2) is 13.1 Å². The number of para-hydroxylation sites is 1. The molecule has 3 rings (SSSR count). The minimum Gasteiger partial charge on any atom is -0.487 e. The summed E-state index contributed by atoms with van der Waals surface area (Å²) < 4.78 is 33.3. The van der Waals surface area contributed by atoms with Crippen molar-refractivity contribution < 1.29 is 13.2 Å². The van der Waals surface area contributed by atoms with Crippen LogP contribution >= 0.6 is 35.3 Å². The predicted octanol–water partition coefficient (Wildman–Crippen LogP) is 3.11. The van der Waals surface area contributed by atoms with Gasteiger partial charge in [0.2, 0.25) is 10.0 Å². The molecule has 1 aliphatic rings. The fourth-order valence-corrected chi connectivity index (χ4v) is 5.21. The molecule has 0 radical (unpaired) electrons. The molecule has 0 amide bonds. The van der Waals surface area contributed by atoms with Gasteiger partial charge in [0.05, 0.1) is 6.04 Å². The molecule has 10 heteroatoms. The first-order valence-electron chi connectivity index (χ1n) is 9.09. The maximum Gasteiger partial charge on any atom is 0.250 e. The van der Waals surface area contributed by atoms with Gasteiger partial charge in [-0.3, -0.25) is 4.99 Å². The third-order valence-electron chi connectivity index (χ3n) is 4.38. The molecule has 0 fully saturated rings. The van der Waals surface area contributed by atoms with E-state index in [0.717, 1.165) is 17.7 Å². The van der Waals surface area contributed by atoms with Crippen LogP contribution in [-0.4, -0.2) is 40.1 Å². The summed E-state index contributed by atoms with van der Waals surface area (Å²) in [6.07, 6.45) is 0.787. The lowest BCUT2D eigenvalue weighted by atomic mass is 9.90. The Bertz CT molecular complexity index is 931. The number of guanidine groups is 1. The Morgan fingerprint density at radius 2 is 2.00 bits per heavy atom. The summed E-state index contributed by atoms with van der Waals surface area (Å²) in [6, 6.07) is 11.3. The maximum atomic E-state index is 12.1. The Morgan fingerprint density at radius 3 is 2.69 bits per heavy atom. The number of sulfonamides is 1. The van der Waals surface area contributed by atoms with Crippen molar-refractivity contribution in [3.8, 4) is 5.75 Å². The highest BCUT2D eigenvalue weighted by atomic mass is 127. The maximum absolute atomic E-state index is 12.1. The Balaban J connectivity index is 0.00000300. The Kier molecular flexibility index (Phi) is 8.32. The molecule has 0 spiro atoms. The van der Waals surface area contributed by atoms with E-state index in [4.69, 9.17) is 4.74 Å². The van der Waals surface area contributed by atoms with Crippen LogP contribution in [0.4, 0.5) is 0 Å². The summed E-state index contributed by atoms with van der Waals surface area (Å²) in [5.41, 5.74) is 0.796. The van der Waals surface area contributed by atoms with Gasteiger partial charge < -0.3 is 15.4 Å². The normalized spacial score (nSPS) is 18.2. The molecule has 0 saturated heterocycles. The smallest absolute Gasteiger partial charge is 0.250 e. The van der Waals surface area contributed by atoms with Crippen LogP contribution in [0.25, 0.3) is 0 Å². The SMILES string of the molecule is CN=C(NCCNS(=O)(=O)c1cccs1)NC1CC(C)(C)Oc2ccccc21.I. The third-order valence-corrected chi connectivity index (χ3v) is 7.24. The van der Waals surface area contributed by atoms with E-state index in [1.54, 1.807) is 24.6 Å². The fraction of sp³-hybridized carbons (Fsp3) is 0.421. The van der Waals surface area contributed by atoms with Crippen molar-refractivity contribution in [1.29, 1.82) is 0 Å². The number of halogens is 1. The number of nitrogens with one attached hydrogen (secondary N) is 3. The minimum absolute atomic E-state index is 0. The molecule has 29 heavy (non-hydrogen) atoms. The van der Waals surface area contributed by atoms with Gasteiger partial charge in [0.1, 0.15) is 15.6 Å². The third kappa shape index (κ3) is 6.30. The molecule has 1 aromatic carbocycles. The molecular formula is C19H27IN4O3S2. The lowest BCUT2D eigenvalue weighted by molar-refractivity contribution is 0.0694. The number of hydrogen-bond donors (Lipinski definition) is 3. The average Bonchev–Trinajstić information content (AvgIpc) is 3.19. The van der Waals surface area contributed by atoms with Crippen LogP contribution < -0.4 is 20.1 Å². The fourth-order valence-electron chi connectivity index (χ4n) is 3.14. The molecule has 7 nitrogen and oxygen atoms in total. The van der Waals surface area contributed by atoms with Crippen molar-refractivity contribution in [2.24, 2.45) is 4.99 Å². The minimum atomic E-state index is -3.45. The van der Waals surface area contributed by atoms with E-state index in [1.807, 2.05) is 24.3 Å². The highest BCUT2D eigenvalue weighted by molar-refractivity contribution is 14.0. The van der Waals surface area contributed by atoms with E-state index in [1.165, 1.54) is 11.3 Å². The van der Waals surface area contributed by atoms with Gasteiger partial charge in [0.15, 0.2) is 5.96 Å². The molecule has 0 bridgehead atoms. The van der Waals surface area contributed by atoms with E-state index in [0.29, 0.717) is 16.7 Å². The first kappa shape index (κ1) is 23.9. The highest BCUT2D eigenvalue weighted by Gasteiger charge is 2.33. The largest absolute Gasteiger partial charge is 0.487 e. The number of nitrogens with zero attached hydrogens (tertiary/aromatic N) is 1. The predicted molar refractivity (Wildman–Crippen MR) is 128 cm³/mol. The molecule has 1 unspecified atom stereocenters. The molecule has 0 aliphatic carbocycles. The quantitative estimate of drug-likeness (QED) is 0.223. The molecular weight excluding hydrogens is 523 g/mol. The summed E-state index contributed by atoms with van der Waals surface area (Å²) in [6.45, 7) is 4.80. The van der Waals surface area contributed by atoms with E-state index < -0.39 is 10.0 Å². The van der Waals surface area contributed by atoms with Crippen LogP contribution in [0.2, 0.25) is 0 Å². The lowest BCUT2D eigenvalue weighted by Crippen LogP contribution is -2.46. The van der Waals surface area contributed by atoms with Crippen LogP contribution in [0, 0.1) is 0 Å². The summed E-state index contributed by atoms with van der Waals surface area (Å²) >= 11 is 1.20. The highest BCUT2D eigenvalue weighted by Crippen LogP contribution is 2.39. The monoisotopic (exact) mass is 550 g/mol. The Labute approximate surface area is 193 Å². The van der Waals surface area contributed by atoms with Crippen LogP contribution in [0.5, 0.6) is 5.75 Å². The lowest BCUT2D eigenvalue weighted by Gasteiger charge is -2.38. The van der Waals surface area contributed by atoms with Gasteiger partial charge >= 0.3 is 0 Å². The zero-order valence-corrected chi connectivity index (χ0v) is 20.6. The molecule has 2 heterocycles. The van der Waals surface area contributed by atoms with Crippen LogP contribution in [0.1, 0.15) is 31.9 Å². The first-order chi connectivity index (χ1) is 13.3. The van der Waals surface area contributed by atoms with Crippen molar-refractivity contribution in [2.45, 2.75) is 36.1 Å². The molecule has 1 aliphatic heterocycles. The standard InChI is InChI=1S/C19H26N4O3S2.HI/c1-19(2)13-15(14-7-4-5-8-16(14)26-19)23-18(20-3)21-10-11-22-28(24,25)17-9-6-12-27-17;/h4-9,12,15,22H,10-11,13H2,1-3H3,(H2,20,21,23);1H. The average molecular weight is 550 g/mol. The Hall–Kier alpha value is -1.37. The van der Waals surface area contributed by atoms with Gasteiger partial charge in [0.25, 0.3) is 0 Å². The molecule has 160 valence electrons. The number of thiophene rings is 1. The molecule has 1 aromatic heterocycles. The van der Waals surface area contributed by atoms with Gasteiger partial charge in [-0.1, -0.05) is 24.3 Å². The topological polar surface area (TPSA) is 91.8 Å². The van der Waals surface area contributed by atoms with Gasteiger partial charge in [-0.05, 0) is 31.4 Å². The van der Waals surface area contributed by atoms with Crippen LogP contribution in [-0.2, 0) is 10.0 Å². The zero-order valence-electron chi connectivity index (χ0n) is 16.6. The second kappa shape index (κ2) is 10.1. The molecule has 0 saturated carbocycles. The molecule has 2 aromatic rings. The second-order valence-corrected chi connectivity index (χ2v) is 10.1. The van der Waals surface area contributed by atoms with Crippen molar-refractivity contribution in [3.63, 3.8) is 0 Å². The zero-order chi connectivity index (χ0) is 20.2. The van der Waals surface area contributed by atoms with Gasteiger partial charge in [0, 0.05) is 32.1 Å². The molecule has 1 atom stereocenters. The summed E-state index contributed by atoms with van der Waals surface area (Å²) in [5, 5.41) is 8.34. The van der Waals surface area contributed by atoms with Crippen molar-refractivity contribution >= 4 is 51.3 Å². The van der Waals surface area contributed by atoms with E-state index >= 15 is 0 Å². The van der Waals surface area contributed by atoms with Crippen molar-refractivity contribution in [3.05, 3.63) is 47.3 Å². The van der Waals surface area contributed by atoms with Crippen molar-refractivity contribution in [2.75, 3.05) is 20.1 Å². The van der Waals surface area contributed by atoms with E-state index in [2.05, 4.69) is 34.2 Å². The number of aliphatic imine (C=N–C) groups is 1. The first-order valence-corrected chi connectivity index (χ1v) is 11.5.